The van der Waals surface area contributed by atoms with Crippen LogP contribution in [-0.2, 0) is 11.2 Å². The number of aryl methyl sites for hydroxylation is 1. The predicted molar refractivity (Wildman–Crippen MR) is 87.1 cm³/mol. The molecule has 6 nitrogen and oxygen atoms in total. The van der Waals surface area contributed by atoms with Crippen molar-refractivity contribution in [2.24, 2.45) is 0 Å². The molecule has 1 aromatic carbocycles. The van der Waals surface area contributed by atoms with Gasteiger partial charge in [-0.05, 0) is 37.1 Å². The van der Waals surface area contributed by atoms with Crippen LogP contribution in [0.5, 0.6) is 0 Å². The minimum absolute atomic E-state index is 0.614. The van der Waals surface area contributed by atoms with Gasteiger partial charge in [0.15, 0.2) is 0 Å². The zero-order valence-electron chi connectivity index (χ0n) is 13.1. The van der Waals surface area contributed by atoms with Gasteiger partial charge in [-0.25, -0.2) is 4.98 Å². The van der Waals surface area contributed by atoms with Gasteiger partial charge in [-0.2, -0.15) is 0 Å². The fourth-order valence-corrected chi connectivity index (χ4v) is 2.60. The molecule has 0 saturated carbocycles. The highest BCUT2D eigenvalue weighted by atomic mass is 16.5. The average molecular weight is 301 g/mol. The van der Waals surface area contributed by atoms with Gasteiger partial charge in [-0.3, -0.25) is 4.90 Å². The third-order valence-corrected chi connectivity index (χ3v) is 3.96. The molecule has 0 spiro atoms. The van der Waals surface area contributed by atoms with Crippen LogP contribution in [0.15, 0.2) is 18.2 Å². The Balaban J connectivity index is 1.52. The van der Waals surface area contributed by atoms with Gasteiger partial charge in [-0.1, -0.05) is 13.0 Å². The van der Waals surface area contributed by atoms with E-state index in [4.69, 9.17) is 4.74 Å². The lowest BCUT2D eigenvalue weighted by Crippen LogP contribution is -2.37. The number of aromatic nitrogens is 3. The van der Waals surface area contributed by atoms with Gasteiger partial charge < -0.3 is 10.1 Å². The number of anilines is 1. The van der Waals surface area contributed by atoms with Gasteiger partial charge in [0.05, 0.1) is 18.7 Å². The average Bonchev–Trinajstić information content (AvgIpc) is 2.59. The van der Waals surface area contributed by atoms with Crippen LogP contribution in [0.1, 0.15) is 18.9 Å². The standard InChI is InChI=1S/C16H23N5O/c1-2-13-4-5-14-15(12-13)18-16(20-19-14)17-6-3-7-21-8-10-22-11-9-21/h4-5,12H,2-3,6-11H2,1H3,(H,17,18,20). The van der Waals surface area contributed by atoms with Crippen molar-refractivity contribution in [3.8, 4) is 0 Å². The van der Waals surface area contributed by atoms with Gasteiger partial charge in [0.1, 0.15) is 5.52 Å². The zero-order valence-corrected chi connectivity index (χ0v) is 13.1. The lowest BCUT2D eigenvalue weighted by molar-refractivity contribution is 0.0378. The summed E-state index contributed by atoms with van der Waals surface area (Å²) in [6, 6.07) is 6.15. The molecule has 0 bridgehead atoms. The van der Waals surface area contributed by atoms with Crippen LogP contribution in [0.25, 0.3) is 11.0 Å². The summed E-state index contributed by atoms with van der Waals surface area (Å²) in [6.07, 6.45) is 2.07. The fourth-order valence-electron chi connectivity index (χ4n) is 2.60. The van der Waals surface area contributed by atoms with Gasteiger partial charge in [0.2, 0.25) is 5.95 Å². The molecule has 1 fully saturated rings. The number of fused-ring (bicyclic) bond motifs is 1. The van der Waals surface area contributed by atoms with Crippen molar-refractivity contribution in [3.63, 3.8) is 0 Å². The maximum Gasteiger partial charge on any atom is 0.243 e. The number of hydrogen-bond donors (Lipinski definition) is 1. The molecule has 0 amide bonds. The van der Waals surface area contributed by atoms with Crippen molar-refractivity contribution in [1.82, 2.24) is 20.1 Å². The summed E-state index contributed by atoms with van der Waals surface area (Å²) in [5, 5.41) is 11.6. The Morgan fingerprint density at radius 2 is 2.05 bits per heavy atom. The third-order valence-electron chi connectivity index (χ3n) is 3.96. The van der Waals surface area contributed by atoms with Crippen LogP contribution in [-0.4, -0.2) is 59.5 Å². The van der Waals surface area contributed by atoms with Gasteiger partial charge in [0, 0.05) is 19.6 Å². The number of hydrogen-bond acceptors (Lipinski definition) is 6. The SMILES string of the molecule is CCc1ccc2nnc(NCCCN3CCOCC3)nc2c1. The molecule has 0 unspecified atom stereocenters. The molecule has 3 rings (SSSR count). The number of benzene rings is 1. The van der Waals surface area contributed by atoms with Gasteiger partial charge >= 0.3 is 0 Å². The minimum Gasteiger partial charge on any atom is -0.379 e. The maximum atomic E-state index is 5.35. The van der Waals surface area contributed by atoms with E-state index >= 15 is 0 Å². The van der Waals surface area contributed by atoms with E-state index in [0.29, 0.717) is 5.95 Å². The molecule has 0 atom stereocenters. The van der Waals surface area contributed by atoms with E-state index in [0.717, 1.165) is 63.3 Å². The summed E-state index contributed by atoms with van der Waals surface area (Å²) in [5.74, 6) is 0.614. The molecule has 0 aliphatic carbocycles. The Kier molecular flexibility index (Phi) is 5.13. The maximum absolute atomic E-state index is 5.35. The van der Waals surface area contributed by atoms with Crippen molar-refractivity contribution in [1.29, 1.82) is 0 Å². The zero-order chi connectivity index (χ0) is 15.2. The molecule has 0 radical (unpaired) electrons. The Bertz CT molecular complexity index is 613. The molecule has 1 saturated heterocycles. The summed E-state index contributed by atoms with van der Waals surface area (Å²) >= 11 is 0. The quantitative estimate of drug-likeness (QED) is 0.820. The van der Waals surface area contributed by atoms with Crippen LogP contribution in [0, 0.1) is 0 Å². The first kappa shape index (κ1) is 15.1. The molecule has 2 aromatic rings. The Labute approximate surface area is 130 Å². The second-order valence-electron chi connectivity index (χ2n) is 5.55. The van der Waals surface area contributed by atoms with E-state index in [2.05, 4.69) is 44.5 Å². The van der Waals surface area contributed by atoms with Crippen molar-refractivity contribution >= 4 is 17.0 Å². The first-order valence-corrected chi connectivity index (χ1v) is 8.02. The lowest BCUT2D eigenvalue weighted by Gasteiger charge is -2.26. The third kappa shape index (κ3) is 3.90. The topological polar surface area (TPSA) is 63.2 Å². The lowest BCUT2D eigenvalue weighted by atomic mass is 10.1. The van der Waals surface area contributed by atoms with E-state index in [9.17, 15) is 0 Å². The molecule has 6 heteroatoms. The normalized spacial score (nSPS) is 16.0. The Hall–Kier alpha value is -1.79. The molecule has 1 aromatic heterocycles. The van der Waals surface area contributed by atoms with Crippen molar-refractivity contribution in [2.45, 2.75) is 19.8 Å². The smallest absolute Gasteiger partial charge is 0.243 e. The molecule has 1 aliphatic rings. The summed E-state index contributed by atoms with van der Waals surface area (Å²) in [7, 11) is 0. The molecule has 1 N–H and O–H groups in total. The monoisotopic (exact) mass is 301 g/mol. The molecular weight excluding hydrogens is 278 g/mol. The van der Waals surface area contributed by atoms with E-state index in [1.807, 2.05) is 6.07 Å². The van der Waals surface area contributed by atoms with Gasteiger partial charge in [0.25, 0.3) is 0 Å². The molecule has 118 valence electrons. The Morgan fingerprint density at radius 3 is 2.86 bits per heavy atom. The highest BCUT2D eigenvalue weighted by Gasteiger charge is 2.09. The van der Waals surface area contributed by atoms with E-state index in [-0.39, 0.29) is 0 Å². The number of nitrogens with one attached hydrogen (secondary N) is 1. The highest BCUT2D eigenvalue weighted by molar-refractivity contribution is 5.75. The van der Waals surface area contributed by atoms with E-state index in [1.54, 1.807) is 0 Å². The van der Waals surface area contributed by atoms with Crippen LogP contribution in [0.2, 0.25) is 0 Å². The van der Waals surface area contributed by atoms with Crippen molar-refractivity contribution in [2.75, 3.05) is 44.7 Å². The first-order valence-electron chi connectivity index (χ1n) is 8.02. The van der Waals surface area contributed by atoms with Crippen molar-refractivity contribution < 1.29 is 4.74 Å². The number of ether oxygens (including phenoxy) is 1. The number of rotatable bonds is 6. The number of nitrogens with zero attached hydrogens (tertiary/aromatic N) is 4. The summed E-state index contributed by atoms with van der Waals surface area (Å²) in [5.41, 5.74) is 3.02. The first-order chi connectivity index (χ1) is 10.8. The summed E-state index contributed by atoms with van der Waals surface area (Å²) in [4.78, 5) is 6.98. The van der Waals surface area contributed by atoms with Crippen LogP contribution in [0.4, 0.5) is 5.95 Å². The second-order valence-corrected chi connectivity index (χ2v) is 5.55. The van der Waals surface area contributed by atoms with Gasteiger partial charge in [-0.15, -0.1) is 10.2 Å². The Morgan fingerprint density at radius 1 is 1.18 bits per heavy atom. The highest BCUT2D eigenvalue weighted by Crippen LogP contribution is 2.13. The van der Waals surface area contributed by atoms with Crippen molar-refractivity contribution in [3.05, 3.63) is 23.8 Å². The molecular formula is C16H23N5O. The summed E-state index contributed by atoms with van der Waals surface area (Å²) < 4.78 is 5.35. The van der Waals surface area contributed by atoms with Crippen LogP contribution >= 0.6 is 0 Å². The van der Waals surface area contributed by atoms with E-state index in [1.165, 1.54) is 5.56 Å². The molecule has 22 heavy (non-hydrogen) atoms. The summed E-state index contributed by atoms with van der Waals surface area (Å²) in [6.45, 7) is 7.85. The number of morpholine rings is 1. The van der Waals surface area contributed by atoms with Crippen LogP contribution in [0.3, 0.4) is 0 Å². The predicted octanol–water partition coefficient (Wildman–Crippen LogP) is 1.72. The van der Waals surface area contributed by atoms with Crippen LogP contribution < -0.4 is 5.32 Å². The fraction of sp³-hybridized carbons (Fsp3) is 0.562. The minimum atomic E-state index is 0.614. The second kappa shape index (κ2) is 7.47. The molecule has 2 heterocycles. The van der Waals surface area contributed by atoms with E-state index < -0.39 is 0 Å². The molecule has 1 aliphatic heterocycles. The largest absolute Gasteiger partial charge is 0.379 e.